The molecule has 1 rings (SSSR count). The van der Waals surface area contributed by atoms with Crippen LogP contribution < -0.4 is 5.32 Å². The summed E-state index contributed by atoms with van der Waals surface area (Å²) >= 11 is 1.81. The van der Waals surface area contributed by atoms with Crippen molar-refractivity contribution in [1.29, 1.82) is 0 Å². The molecule has 0 bridgehead atoms. The Kier molecular flexibility index (Phi) is 4.60. The highest BCUT2D eigenvalue weighted by Crippen LogP contribution is 2.25. The van der Waals surface area contributed by atoms with Gasteiger partial charge in [0.05, 0.1) is 6.54 Å². The quantitative estimate of drug-likeness (QED) is 0.760. The lowest BCUT2D eigenvalue weighted by molar-refractivity contribution is -0.0494. The molecule has 0 aromatic heterocycles. The van der Waals surface area contributed by atoms with Crippen LogP contribution in [0.2, 0.25) is 0 Å². The highest BCUT2D eigenvalue weighted by Gasteiger charge is 2.30. The molecule has 1 saturated heterocycles. The van der Waals surface area contributed by atoms with E-state index in [-0.39, 0.29) is 6.04 Å². The molecule has 0 spiro atoms. The highest BCUT2D eigenvalue weighted by molar-refractivity contribution is 7.99. The van der Waals surface area contributed by atoms with Gasteiger partial charge in [-0.3, -0.25) is 0 Å². The van der Waals surface area contributed by atoms with Crippen LogP contribution in [-0.2, 0) is 0 Å². The third-order valence-corrected chi connectivity index (χ3v) is 3.84. The summed E-state index contributed by atoms with van der Waals surface area (Å²) in [5, 5.41) is 11.6. The third kappa shape index (κ3) is 3.71. The zero-order valence-corrected chi connectivity index (χ0v) is 9.12. The maximum atomic E-state index is 12.7. The second-order valence-electron chi connectivity index (χ2n) is 3.72. The van der Waals surface area contributed by atoms with Crippen molar-refractivity contribution in [2.45, 2.75) is 37.0 Å². The summed E-state index contributed by atoms with van der Waals surface area (Å²) in [5.41, 5.74) is 0. The molecule has 1 aliphatic rings. The van der Waals surface area contributed by atoms with Crippen LogP contribution in [0.5, 0.6) is 0 Å². The number of aliphatic hydroxyl groups excluding tert-OH is 1. The fraction of sp³-hybridized carbons (Fsp3) is 1.00. The van der Waals surface area contributed by atoms with Crippen molar-refractivity contribution in [2.24, 2.45) is 0 Å². The van der Waals surface area contributed by atoms with Gasteiger partial charge in [0.2, 0.25) is 0 Å². The van der Waals surface area contributed by atoms with Crippen molar-refractivity contribution in [2.75, 3.05) is 18.9 Å². The summed E-state index contributed by atoms with van der Waals surface area (Å²) < 4.78 is 25.4. The van der Waals surface area contributed by atoms with Crippen molar-refractivity contribution >= 4 is 11.8 Å². The average molecular weight is 225 g/mol. The Balaban J connectivity index is 2.29. The minimum Gasteiger partial charge on any atom is -0.390 e. The number of nitrogens with one attached hydrogen (secondary N) is 1. The Morgan fingerprint density at radius 3 is 2.86 bits per heavy atom. The Morgan fingerprint density at radius 2 is 2.29 bits per heavy atom. The summed E-state index contributed by atoms with van der Waals surface area (Å²) in [5.74, 6) is -1.86. The van der Waals surface area contributed by atoms with Crippen molar-refractivity contribution in [3.8, 4) is 0 Å². The molecular weight excluding hydrogens is 208 g/mol. The highest BCUT2D eigenvalue weighted by atomic mass is 32.2. The predicted octanol–water partition coefficient (Wildman–Crippen LogP) is 1.49. The van der Waals surface area contributed by atoms with Gasteiger partial charge < -0.3 is 10.4 Å². The molecule has 0 amide bonds. The molecule has 1 fully saturated rings. The molecule has 0 radical (unpaired) electrons. The molecule has 0 saturated carbocycles. The molecule has 0 aliphatic carbocycles. The first-order valence-corrected chi connectivity index (χ1v) is 5.94. The van der Waals surface area contributed by atoms with Gasteiger partial charge in [0.15, 0.2) is 0 Å². The largest absolute Gasteiger partial charge is 0.390 e. The maximum Gasteiger partial charge on any atom is 0.282 e. The Labute approximate surface area is 87.5 Å². The summed E-state index contributed by atoms with van der Waals surface area (Å²) in [6.07, 6.45) is 2.03. The van der Waals surface area contributed by atoms with E-state index in [1.165, 1.54) is 0 Å². The molecule has 2 N–H and O–H groups in total. The molecule has 84 valence electrons. The predicted molar refractivity (Wildman–Crippen MR) is 55.0 cm³/mol. The maximum absolute atomic E-state index is 12.7. The number of hydrogen-bond acceptors (Lipinski definition) is 3. The first-order valence-electron chi connectivity index (χ1n) is 4.89. The van der Waals surface area contributed by atoms with Crippen molar-refractivity contribution in [1.82, 2.24) is 5.32 Å². The smallest absolute Gasteiger partial charge is 0.282 e. The fourth-order valence-electron chi connectivity index (χ4n) is 1.53. The first-order chi connectivity index (χ1) is 6.55. The zero-order valence-electron chi connectivity index (χ0n) is 8.30. The van der Waals surface area contributed by atoms with Gasteiger partial charge >= 0.3 is 0 Å². The summed E-state index contributed by atoms with van der Waals surface area (Å²) in [6, 6.07) is 0.158. The number of alkyl halides is 2. The molecule has 2 unspecified atom stereocenters. The minimum absolute atomic E-state index is 0.158. The van der Waals surface area contributed by atoms with Gasteiger partial charge in [-0.05, 0) is 18.6 Å². The van der Waals surface area contributed by atoms with Crippen LogP contribution in [-0.4, -0.2) is 41.2 Å². The van der Waals surface area contributed by atoms with Gasteiger partial charge in [-0.25, -0.2) is 8.78 Å². The second kappa shape index (κ2) is 5.28. The van der Waals surface area contributed by atoms with Crippen LogP contribution in [0.3, 0.4) is 0 Å². The van der Waals surface area contributed by atoms with E-state index < -0.39 is 19.1 Å². The number of thioether (sulfide) groups is 1. The summed E-state index contributed by atoms with van der Waals surface area (Å²) in [6.45, 7) is 0.561. The van der Waals surface area contributed by atoms with Gasteiger partial charge in [-0.2, -0.15) is 11.8 Å². The summed E-state index contributed by atoms with van der Waals surface area (Å²) in [7, 11) is 0. The monoisotopic (exact) mass is 225 g/mol. The van der Waals surface area contributed by atoms with Gasteiger partial charge in [0.25, 0.3) is 5.92 Å². The van der Waals surface area contributed by atoms with Crippen LogP contribution in [0, 0.1) is 0 Å². The lowest BCUT2D eigenvalue weighted by atomic mass is 10.1. The van der Waals surface area contributed by atoms with Crippen LogP contribution in [0.4, 0.5) is 8.78 Å². The Bertz CT molecular complexity index is 180. The van der Waals surface area contributed by atoms with E-state index >= 15 is 0 Å². The molecular formula is C9H17F2NOS. The number of halogens is 2. The normalized spacial score (nSPS) is 29.1. The standard InChI is InChI=1S/C9H17F2NOS/c1-7-8(3-2-4-14-7)12-5-9(10,11)6-13/h7-8,12-13H,2-6H2,1H3. The van der Waals surface area contributed by atoms with Gasteiger partial charge in [-0.15, -0.1) is 0 Å². The number of hydrogen-bond donors (Lipinski definition) is 2. The number of aliphatic hydroxyl groups is 1. The van der Waals surface area contributed by atoms with Crippen molar-refractivity contribution < 1.29 is 13.9 Å². The first kappa shape index (κ1) is 12.2. The van der Waals surface area contributed by atoms with Crippen molar-refractivity contribution in [3.05, 3.63) is 0 Å². The lowest BCUT2D eigenvalue weighted by Gasteiger charge is -2.30. The number of rotatable bonds is 4. The van der Waals surface area contributed by atoms with E-state index in [4.69, 9.17) is 5.11 Å². The fourth-order valence-corrected chi connectivity index (χ4v) is 2.70. The molecule has 0 aromatic rings. The van der Waals surface area contributed by atoms with E-state index in [2.05, 4.69) is 12.2 Å². The van der Waals surface area contributed by atoms with E-state index in [1.807, 2.05) is 11.8 Å². The van der Waals surface area contributed by atoms with E-state index in [0.717, 1.165) is 18.6 Å². The molecule has 2 nitrogen and oxygen atoms in total. The molecule has 1 heterocycles. The van der Waals surface area contributed by atoms with E-state index in [9.17, 15) is 8.78 Å². The SMILES string of the molecule is CC1SCCCC1NCC(F)(F)CO. The van der Waals surface area contributed by atoms with Crippen LogP contribution in [0.1, 0.15) is 19.8 Å². The molecule has 1 aliphatic heterocycles. The molecule has 14 heavy (non-hydrogen) atoms. The van der Waals surface area contributed by atoms with Crippen LogP contribution in [0.25, 0.3) is 0 Å². The van der Waals surface area contributed by atoms with Gasteiger partial charge in [-0.1, -0.05) is 6.92 Å². The van der Waals surface area contributed by atoms with Gasteiger partial charge in [0, 0.05) is 11.3 Å². The van der Waals surface area contributed by atoms with Gasteiger partial charge in [0.1, 0.15) is 6.61 Å². The minimum atomic E-state index is -2.98. The lowest BCUT2D eigenvalue weighted by Crippen LogP contribution is -2.46. The zero-order chi connectivity index (χ0) is 10.6. The van der Waals surface area contributed by atoms with Crippen molar-refractivity contribution in [3.63, 3.8) is 0 Å². The molecule has 0 aromatic carbocycles. The summed E-state index contributed by atoms with van der Waals surface area (Å²) in [4.78, 5) is 0. The second-order valence-corrected chi connectivity index (χ2v) is 5.20. The topological polar surface area (TPSA) is 32.3 Å². The third-order valence-electron chi connectivity index (χ3n) is 2.46. The molecule has 2 atom stereocenters. The Morgan fingerprint density at radius 1 is 1.57 bits per heavy atom. The van der Waals surface area contributed by atoms with Crippen LogP contribution >= 0.6 is 11.8 Å². The van der Waals surface area contributed by atoms with Crippen LogP contribution in [0.15, 0.2) is 0 Å². The molecule has 5 heteroatoms. The average Bonchev–Trinajstić information content (AvgIpc) is 2.17. The van der Waals surface area contributed by atoms with E-state index in [1.54, 1.807) is 0 Å². The van der Waals surface area contributed by atoms with E-state index in [0.29, 0.717) is 5.25 Å². The Hall–Kier alpha value is 0.130.